The number of fused-ring (bicyclic) bond motifs is 1. The van der Waals surface area contributed by atoms with Crippen molar-refractivity contribution in [1.29, 1.82) is 0 Å². The maximum atomic E-state index is 12.3. The average molecular weight is 303 g/mol. The van der Waals surface area contributed by atoms with Crippen molar-refractivity contribution in [3.8, 4) is 0 Å². The second-order valence-electron chi connectivity index (χ2n) is 5.00. The van der Waals surface area contributed by atoms with Crippen LogP contribution in [0.5, 0.6) is 0 Å². The summed E-state index contributed by atoms with van der Waals surface area (Å²) in [5.74, 6) is 5.41. The van der Waals surface area contributed by atoms with Crippen LogP contribution in [0, 0.1) is 0 Å². The number of carbonyl (C=O) groups is 1. The van der Waals surface area contributed by atoms with E-state index in [4.69, 9.17) is 17.4 Å². The van der Waals surface area contributed by atoms with E-state index in [2.05, 4.69) is 21.8 Å². The summed E-state index contributed by atoms with van der Waals surface area (Å²) < 4.78 is 0. The number of amides is 1. The van der Waals surface area contributed by atoms with E-state index >= 15 is 0 Å². The molecule has 2 aromatic rings. The molecular weight excluding hydrogens is 288 g/mol. The third-order valence-electron chi connectivity index (χ3n) is 3.56. The standard InChI is InChI=1S/C15H15ClN4O/c16-13-7-11(8-14(19-13)20-17)15(21)18-12-5-4-9-2-1-3-10(9)6-12/h4-8H,1-3,17H2,(H,18,21)(H,19,20). The molecule has 0 fully saturated rings. The first-order chi connectivity index (χ1) is 10.2. The largest absolute Gasteiger partial charge is 0.322 e. The molecule has 0 aliphatic heterocycles. The third-order valence-corrected chi connectivity index (χ3v) is 3.75. The van der Waals surface area contributed by atoms with Gasteiger partial charge in [0, 0.05) is 11.3 Å². The number of nitrogens with two attached hydrogens (primary N) is 1. The van der Waals surface area contributed by atoms with Crippen LogP contribution in [0.2, 0.25) is 5.15 Å². The Balaban J connectivity index is 1.81. The molecule has 4 N–H and O–H groups in total. The van der Waals surface area contributed by atoms with Gasteiger partial charge in [0.2, 0.25) is 0 Å². The topological polar surface area (TPSA) is 80.0 Å². The first-order valence-corrected chi connectivity index (χ1v) is 7.11. The van der Waals surface area contributed by atoms with E-state index in [1.807, 2.05) is 12.1 Å². The predicted octanol–water partition coefficient (Wildman–Crippen LogP) is 2.76. The van der Waals surface area contributed by atoms with Gasteiger partial charge >= 0.3 is 0 Å². The Morgan fingerprint density at radius 2 is 2.00 bits per heavy atom. The fourth-order valence-electron chi connectivity index (χ4n) is 2.55. The van der Waals surface area contributed by atoms with Crippen molar-refractivity contribution in [2.24, 2.45) is 5.84 Å². The van der Waals surface area contributed by atoms with Gasteiger partial charge in [0.25, 0.3) is 5.91 Å². The molecular formula is C15H15ClN4O. The fourth-order valence-corrected chi connectivity index (χ4v) is 2.76. The number of nitrogens with one attached hydrogen (secondary N) is 2. The van der Waals surface area contributed by atoms with E-state index < -0.39 is 0 Å². The van der Waals surface area contributed by atoms with Gasteiger partial charge in [-0.2, -0.15) is 0 Å². The molecule has 0 bridgehead atoms. The molecule has 0 saturated heterocycles. The molecule has 0 unspecified atom stereocenters. The van der Waals surface area contributed by atoms with Crippen molar-refractivity contribution in [3.05, 3.63) is 52.2 Å². The van der Waals surface area contributed by atoms with Gasteiger partial charge in [-0.05, 0) is 54.7 Å². The molecule has 108 valence electrons. The van der Waals surface area contributed by atoms with Crippen LogP contribution in [0.3, 0.4) is 0 Å². The summed E-state index contributed by atoms with van der Waals surface area (Å²) in [6.45, 7) is 0. The molecule has 0 radical (unpaired) electrons. The zero-order chi connectivity index (χ0) is 14.8. The summed E-state index contributed by atoms with van der Waals surface area (Å²) in [4.78, 5) is 16.2. The smallest absolute Gasteiger partial charge is 0.255 e. The molecule has 0 spiro atoms. The summed E-state index contributed by atoms with van der Waals surface area (Å²) >= 11 is 5.87. The van der Waals surface area contributed by atoms with Crippen molar-refractivity contribution < 1.29 is 4.79 Å². The van der Waals surface area contributed by atoms with E-state index in [1.54, 1.807) is 6.07 Å². The quantitative estimate of drug-likeness (QED) is 0.463. The van der Waals surface area contributed by atoms with Crippen LogP contribution in [0.1, 0.15) is 27.9 Å². The molecule has 1 heterocycles. The van der Waals surface area contributed by atoms with Crippen LogP contribution in [0.25, 0.3) is 0 Å². The first kappa shape index (κ1) is 13.9. The van der Waals surface area contributed by atoms with Crippen molar-refractivity contribution in [1.82, 2.24) is 4.98 Å². The second kappa shape index (κ2) is 5.71. The zero-order valence-electron chi connectivity index (χ0n) is 11.3. The van der Waals surface area contributed by atoms with Crippen LogP contribution in [-0.2, 0) is 12.8 Å². The Labute approximate surface area is 127 Å². The molecule has 21 heavy (non-hydrogen) atoms. The lowest BCUT2D eigenvalue weighted by molar-refractivity contribution is 0.102. The highest BCUT2D eigenvalue weighted by atomic mass is 35.5. The number of hydrogen-bond acceptors (Lipinski definition) is 4. The van der Waals surface area contributed by atoms with E-state index in [-0.39, 0.29) is 11.1 Å². The predicted molar refractivity (Wildman–Crippen MR) is 83.5 cm³/mol. The van der Waals surface area contributed by atoms with Crippen LogP contribution in [0.4, 0.5) is 11.5 Å². The lowest BCUT2D eigenvalue weighted by atomic mass is 10.1. The van der Waals surface area contributed by atoms with Gasteiger partial charge < -0.3 is 10.7 Å². The Bertz CT molecular complexity index is 702. The number of hydrazine groups is 1. The minimum atomic E-state index is -0.242. The number of nitrogens with zero attached hydrogens (tertiary/aromatic N) is 1. The van der Waals surface area contributed by atoms with Crippen molar-refractivity contribution in [3.63, 3.8) is 0 Å². The van der Waals surface area contributed by atoms with Gasteiger partial charge in [0.05, 0.1) is 0 Å². The van der Waals surface area contributed by atoms with E-state index in [0.29, 0.717) is 11.4 Å². The number of benzene rings is 1. The van der Waals surface area contributed by atoms with Crippen LogP contribution in [0.15, 0.2) is 30.3 Å². The summed E-state index contributed by atoms with van der Waals surface area (Å²) in [6, 6.07) is 9.09. The number of pyridine rings is 1. The molecule has 0 atom stereocenters. The highest BCUT2D eigenvalue weighted by Gasteiger charge is 2.13. The highest BCUT2D eigenvalue weighted by molar-refractivity contribution is 6.30. The van der Waals surface area contributed by atoms with Crippen molar-refractivity contribution in [2.75, 3.05) is 10.7 Å². The first-order valence-electron chi connectivity index (χ1n) is 6.73. The molecule has 1 amide bonds. The van der Waals surface area contributed by atoms with Gasteiger partial charge in [0.15, 0.2) is 0 Å². The lowest BCUT2D eigenvalue weighted by Gasteiger charge is -2.09. The normalized spacial score (nSPS) is 12.9. The number of hydrogen-bond donors (Lipinski definition) is 3. The number of aryl methyl sites for hydroxylation is 2. The molecule has 1 aromatic carbocycles. The molecule has 1 aliphatic rings. The van der Waals surface area contributed by atoms with Gasteiger partial charge in [-0.25, -0.2) is 10.8 Å². The fraction of sp³-hybridized carbons (Fsp3) is 0.200. The summed E-state index contributed by atoms with van der Waals surface area (Å²) in [6.07, 6.45) is 3.37. The van der Waals surface area contributed by atoms with Crippen LogP contribution < -0.4 is 16.6 Å². The van der Waals surface area contributed by atoms with Gasteiger partial charge in [-0.1, -0.05) is 17.7 Å². The Morgan fingerprint density at radius 3 is 2.81 bits per heavy atom. The lowest BCUT2D eigenvalue weighted by Crippen LogP contribution is -2.14. The van der Waals surface area contributed by atoms with E-state index in [1.165, 1.54) is 23.6 Å². The molecule has 3 rings (SSSR count). The molecule has 1 aliphatic carbocycles. The second-order valence-corrected chi connectivity index (χ2v) is 5.39. The van der Waals surface area contributed by atoms with E-state index in [9.17, 15) is 4.79 Å². The monoisotopic (exact) mass is 302 g/mol. The summed E-state index contributed by atoms with van der Waals surface area (Å²) in [5.41, 5.74) is 6.26. The maximum absolute atomic E-state index is 12.3. The summed E-state index contributed by atoms with van der Waals surface area (Å²) in [5, 5.41) is 3.09. The van der Waals surface area contributed by atoms with Gasteiger partial charge in [-0.15, -0.1) is 0 Å². The number of rotatable bonds is 3. The molecule has 5 nitrogen and oxygen atoms in total. The average Bonchev–Trinajstić information content (AvgIpc) is 2.94. The van der Waals surface area contributed by atoms with Crippen LogP contribution in [-0.4, -0.2) is 10.9 Å². The number of aromatic nitrogens is 1. The molecule has 0 saturated carbocycles. The minimum Gasteiger partial charge on any atom is -0.322 e. The number of nitrogen functional groups attached to an aromatic ring is 1. The number of carbonyl (C=O) groups excluding carboxylic acids is 1. The minimum absolute atomic E-state index is 0.213. The molecule has 1 aromatic heterocycles. The van der Waals surface area contributed by atoms with Crippen LogP contribution >= 0.6 is 11.6 Å². The van der Waals surface area contributed by atoms with Gasteiger partial charge in [-0.3, -0.25) is 4.79 Å². The number of anilines is 2. The maximum Gasteiger partial charge on any atom is 0.255 e. The van der Waals surface area contributed by atoms with E-state index in [0.717, 1.165) is 18.5 Å². The SMILES string of the molecule is NNc1cc(C(=O)Nc2ccc3c(c2)CCC3)cc(Cl)n1. The Hall–Kier alpha value is -2.11. The Kier molecular flexibility index (Phi) is 3.77. The Morgan fingerprint density at radius 1 is 1.19 bits per heavy atom. The van der Waals surface area contributed by atoms with Crippen molar-refractivity contribution >= 4 is 29.0 Å². The van der Waals surface area contributed by atoms with Gasteiger partial charge in [0.1, 0.15) is 11.0 Å². The molecule has 6 heteroatoms. The number of halogens is 1. The zero-order valence-corrected chi connectivity index (χ0v) is 12.1. The third kappa shape index (κ3) is 2.99. The highest BCUT2D eigenvalue weighted by Crippen LogP contribution is 2.25. The van der Waals surface area contributed by atoms with Crippen molar-refractivity contribution in [2.45, 2.75) is 19.3 Å². The summed E-state index contributed by atoms with van der Waals surface area (Å²) in [7, 11) is 0.